The van der Waals surface area contributed by atoms with Crippen molar-refractivity contribution in [2.24, 2.45) is 0 Å². The van der Waals surface area contributed by atoms with Crippen LogP contribution in [-0.2, 0) is 6.54 Å². The SMILES string of the molecule is COc1ccc(CNC(=O)Nc2ccc(-c3nnc(-c4ccccc4)o3)cc2)cc1. The Balaban J connectivity index is 1.34. The molecule has 30 heavy (non-hydrogen) atoms. The van der Waals surface area contributed by atoms with E-state index in [1.165, 1.54) is 0 Å². The van der Waals surface area contributed by atoms with Crippen LogP contribution in [0, 0.1) is 0 Å². The number of benzene rings is 3. The minimum Gasteiger partial charge on any atom is -0.497 e. The Hall–Kier alpha value is -4.13. The molecule has 0 radical (unpaired) electrons. The summed E-state index contributed by atoms with van der Waals surface area (Å²) in [5.41, 5.74) is 3.28. The van der Waals surface area contributed by atoms with Gasteiger partial charge in [-0.1, -0.05) is 30.3 Å². The summed E-state index contributed by atoms with van der Waals surface area (Å²) in [5.74, 6) is 1.66. The molecule has 7 nitrogen and oxygen atoms in total. The molecule has 0 saturated heterocycles. The van der Waals surface area contributed by atoms with Gasteiger partial charge in [0, 0.05) is 23.4 Å². The smallest absolute Gasteiger partial charge is 0.319 e. The van der Waals surface area contributed by atoms with E-state index in [0.717, 1.165) is 22.4 Å². The third kappa shape index (κ3) is 4.64. The van der Waals surface area contributed by atoms with E-state index < -0.39 is 0 Å². The summed E-state index contributed by atoms with van der Waals surface area (Å²) in [6.07, 6.45) is 0. The first kappa shape index (κ1) is 19.2. The van der Waals surface area contributed by atoms with Gasteiger partial charge in [-0.15, -0.1) is 10.2 Å². The third-order valence-corrected chi connectivity index (χ3v) is 4.45. The third-order valence-electron chi connectivity index (χ3n) is 4.45. The Bertz CT molecular complexity index is 1110. The highest BCUT2D eigenvalue weighted by atomic mass is 16.5. The average Bonchev–Trinajstić information content (AvgIpc) is 3.29. The van der Waals surface area contributed by atoms with Crippen LogP contribution in [-0.4, -0.2) is 23.3 Å². The van der Waals surface area contributed by atoms with Crippen LogP contribution in [0.3, 0.4) is 0 Å². The van der Waals surface area contributed by atoms with Gasteiger partial charge in [-0.05, 0) is 54.1 Å². The first-order chi connectivity index (χ1) is 14.7. The van der Waals surface area contributed by atoms with Gasteiger partial charge in [0.25, 0.3) is 0 Å². The first-order valence-electron chi connectivity index (χ1n) is 9.38. The number of amides is 2. The number of aromatic nitrogens is 2. The normalized spacial score (nSPS) is 10.4. The average molecular weight is 400 g/mol. The second kappa shape index (κ2) is 8.91. The van der Waals surface area contributed by atoms with Crippen LogP contribution < -0.4 is 15.4 Å². The maximum atomic E-state index is 12.1. The molecule has 0 aliphatic rings. The van der Waals surface area contributed by atoms with Crippen molar-refractivity contribution in [2.45, 2.75) is 6.54 Å². The molecule has 0 fully saturated rings. The summed E-state index contributed by atoms with van der Waals surface area (Å²) in [5, 5.41) is 13.8. The van der Waals surface area contributed by atoms with E-state index in [-0.39, 0.29) is 6.03 Å². The molecule has 0 saturated carbocycles. The first-order valence-corrected chi connectivity index (χ1v) is 9.38. The molecule has 4 aromatic rings. The Morgan fingerprint density at radius 1 is 0.867 bits per heavy atom. The number of rotatable bonds is 6. The van der Waals surface area contributed by atoms with Gasteiger partial charge in [0.2, 0.25) is 11.8 Å². The van der Waals surface area contributed by atoms with Crippen molar-refractivity contribution >= 4 is 11.7 Å². The number of urea groups is 1. The van der Waals surface area contributed by atoms with Crippen LogP contribution in [0.2, 0.25) is 0 Å². The summed E-state index contributed by atoms with van der Waals surface area (Å²) in [6.45, 7) is 0.415. The zero-order valence-corrected chi connectivity index (χ0v) is 16.3. The van der Waals surface area contributed by atoms with Gasteiger partial charge in [-0.2, -0.15) is 0 Å². The van der Waals surface area contributed by atoms with Crippen LogP contribution >= 0.6 is 0 Å². The quantitative estimate of drug-likeness (QED) is 0.488. The highest BCUT2D eigenvalue weighted by molar-refractivity contribution is 5.89. The Labute approximate surface area is 173 Å². The molecule has 1 heterocycles. The molecular weight excluding hydrogens is 380 g/mol. The van der Waals surface area contributed by atoms with Crippen LogP contribution in [0.4, 0.5) is 10.5 Å². The minimum absolute atomic E-state index is 0.289. The van der Waals surface area contributed by atoms with E-state index in [4.69, 9.17) is 9.15 Å². The van der Waals surface area contributed by atoms with Crippen LogP contribution in [0.1, 0.15) is 5.56 Å². The second-order valence-electron chi connectivity index (χ2n) is 6.51. The number of ether oxygens (including phenoxy) is 1. The number of hydrogen-bond acceptors (Lipinski definition) is 5. The minimum atomic E-state index is -0.289. The summed E-state index contributed by atoms with van der Waals surface area (Å²) in [7, 11) is 1.62. The fourth-order valence-electron chi connectivity index (χ4n) is 2.83. The zero-order valence-electron chi connectivity index (χ0n) is 16.3. The number of nitrogens with zero attached hydrogens (tertiary/aromatic N) is 2. The molecule has 3 aromatic carbocycles. The molecule has 2 amide bonds. The maximum Gasteiger partial charge on any atom is 0.319 e. The Morgan fingerprint density at radius 3 is 2.13 bits per heavy atom. The molecule has 0 aliphatic carbocycles. The molecule has 0 bridgehead atoms. The lowest BCUT2D eigenvalue weighted by Crippen LogP contribution is -2.28. The standard InChI is InChI=1S/C23H20N4O3/c1-29-20-13-7-16(8-14-20)15-24-23(28)25-19-11-9-18(10-12-19)22-27-26-21(30-22)17-5-3-2-4-6-17/h2-14H,15H2,1H3,(H2,24,25,28). The topological polar surface area (TPSA) is 89.3 Å². The summed E-state index contributed by atoms with van der Waals surface area (Å²) < 4.78 is 10.9. The van der Waals surface area contributed by atoms with Gasteiger partial charge in [-0.3, -0.25) is 0 Å². The molecule has 0 spiro atoms. The van der Waals surface area contributed by atoms with Gasteiger partial charge < -0.3 is 19.8 Å². The molecule has 2 N–H and O–H groups in total. The van der Waals surface area contributed by atoms with Gasteiger partial charge in [-0.25, -0.2) is 4.79 Å². The van der Waals surface area contributed by atoms with Crippen molar-refractivity contribution in [3.05, 3.63) is 84.4 Å². The van der Waals surface area contributed by atoms with Crippen LogP contribution in [0.5, 0.6) is 5.75 Å². The maximum absolute atomic E-state index is 12.1. The van der Waals surface area contributed by atoms with Crippen molar-refractivity contribution < 1.29 is 13.9 Å². The van der Waals surface area contributed by atoms with Crippen LogP contribution in [0.25, 0.3) is 22.9 Å². The van der Waals surface area contributed by atoms with Crippen molar-refractivity contribution in [1.82, 2.24) is 15.5 Å². The van der Waals surface area contributed by atoms with Gasteiger partial charge in [0.1, 0.15) is 5.75 Å². The Kier molecular flexibility index (Phi) is 5.70. The monoisotopic (exact) mass is 400 g/mol. The number of carbonyl (C=O) groups excluding carboxylic acids is 1. The highest BCUT2D eigenvalue weighted by Crippen LogP contribution is 2.24. The predicted molar refractivity (Wildman–Crippen MR) is 114 cm³/mol. The fourth-order valence-corrected chi connectivity index (χ4v) is 2.83. The van der Waals surface area contributed by atoms with E-state index in [0.29, 0.717) is 24.0 Å². The number of hydrogen-bond donors (Lipinski definition) is 2. The van der Waals surface area contributed by atoms with E-state index in [9.17, 15) is 4.79 Å². The van der Waals surface area contributed by atoms with E-state index >= 15 is 0 Å². The van der Waals surface area contributed by atoms with E-state index in [2.05, 4.69) is 20.8 Å². The molecule has 4 rings (SSSR count). The number of methoxy groups -OCH3 is 1. The lowest BCUT2D eigenvalue weighted by atomic mass is 10.2. The molecule has 1 aromatic heterocycles. The number of carbonyl (C=O) groups is 1. The molecule has 7 heteroatoms. The van der Waals surface area contributed by atoms with Crippen molar-refractivity contribution in [3.63, 3.8) is 0 Å². The van der Waals surface area contributed by atoms with Gasteiger partial charge >= 0.3 is 6.03 Å². The van der Waals surface area contributed by atoms with Gasteiger partial charge in [0.15, 0.2) is 0 Å². The summed E-state index contributed by atoms with van der Waals surface area (Å²) in [6, 6.07) is 24.0. The summed E-state index contributed by atoms with van der Waals surface area (Å²) in [4.78, 5) is 12.1. The lowest BCUT2D eigenvalue weighted by molar-refractivity contribution is 0.251. The second-order valence-corrected chi connectivity index (χ2v) is 6.51. The van der Waals surface area contributed by atoms with Crippen molar-refractivity contribution in [3.8, 4) is 28.7 Å². The largest absolute Gasteiger partial charge is 0.497 e. The van der Waals surface area contributed by atoms with E-state index in [1.807, 2.05) is 66.7 Å². The Morgan fingerprint density at radius 2 is 1.50 bits per heavy atom. The lowest BCUT2D eigenvalue weighted by Gasteiger charge is -2.08. The van der Waals surface area contributed by atoms with Crippen LogP contribution in [0.15, 0.2) is 83.3 Å². The number of anilines is 1. The zero-order chi connectivity index (χ0) is 20.8. The number of nitrogens with one attached hydrogen (secondary N) is 2. The molecule has 150 valence electrons. The molecule has 0 aliphatic heterocycles. The predicted octanol–water partition coefficient (Wildman–Crippen LogP) is 4.73. The fraction of sp³-hybridized carbons (Fsp3) is 0.0870. The molecular formula is C23H20N4O3. The van der Waals surface area contributed by atoms with Gasteiger partial charge in [0.05, 0.1) is 7.11 Å². The molecule has 0 atom stereocenters. The van der Waals surface area contributed by atoms with Crippen molar-refractivity contribution in [2.75, 3.05) is 12.4 Å². The molecule has 0 unspecified atom stereocenters. The van der Waals surface area contributed by atoms with E-state index in [1.54, 1.807) is 19.2 Å². The summed E-state index contributed by atoms with van der Waals surface area (Å²) >= 11 is 0. The highest BCUT2D eigenvalue weighted by Gasteiger charge is 2.10. The van der Waals surface area contributed by atoms with Crippen molar-refractivity contribution in [1.29, 1.82) is 0 Å².